The van der Waals surface area contributed by atoms with Crippen LogP contribution in [0.25, 0.3) is 0 Å². The molecular formula is C6H3F2IO. The summed E-state index contributed by atoms with van der Waals surface area (Å²) in [6.07, 6.45) is 0. The molecule has 0 aromatic heterocycles. The third kappa shape index (κ3) is 1.36. The maximum absolute atomic E-state index is 12.3. The van der Waals surface area contributed by atoms with Crippen molar-refractivity contribution < 1.29 is 13.9 Å². The summed E-state index contributed by atoms with van der Waals surface area (Å²) in [5.41, 5.74) is 0. The molecule has 0 radical (unpaired) electrons. The van der Waals surface area contributed by atoms with Crippen LogP contribution in [0.15, 0.2) is 12.1 Å². The molecule has 0 amide bonds. The summed E-state index contributed by atoms with van der Waals surface area (Å²) in [4.78, 5) is 0. The zero-order chi connectivity index (χ0) is 7.72. The third-order valence-electron chi connectivity index (χ3n) is 0.990. The predicted octanol–water partition coefficient (Wildman–Crippen LogP) is 2.28. The number of rotatable bonds is 0. The number of halogens is 3. The Balaban J connectivity index is 3.28. The van der Waals surface area contributed by atoms with Gasteiger partial charge < -0.3 is 5.11 Å². The number of aromatic hydroxyl groups is 1. The Kier molecular flexibility index (Phi) is 2.08. The van der Waals surface area contributed by atoms with Gasteiger partial charge in [-0.1, -0.05) is 0 Å². The molecule has 0 heterocycles. The van der Waals surface area contributed by atoms with Gasteiger partial charge in [0.05, 0.1) is 3.57 Å². The smallest absolute Gasteiger partial charge is 0.162 e. The maximum Gasteiger partial charge on any atom is 0.162 e. The van der Waals surface area contributed by atoms with Gasteiger partial charge in [-0.25, -0.2) is 8.78 Å². The van der Waals surface area contributed by atoms with E-state index in [1.54, 1.807) is 22.6 Å². The van der Waals surface area contributed by atoms with Gasteiger partial charge in [0.2, 0.25) is 0 Å². The van der Waals surface area contributed by atoms with E-state index in [-0.39, 0.29) is 5.75 Å². The normalized spacial score (nSPS) is 9.90. The van der Waals surface area contributed by atoms with Crippen LogP contribution in [-0.4, -0.2) is 5.11 Å². The van der Waals surface area contributed by atoms with E-state index in [2.05, 4.69) is 0 Å². The predicted molar refractivity (Wildman–Crippen MR) is 40.7 cm³/mol. The lowest BCUT2D eigenvalue weighted by molar-refractivity contribution is 0.451. The Hall–Kier alpha value is -0.390. The Morgan fingerprint density at radius 1 is 1.20 bits per heavy atom. The standard InChI is InChI=1S/C6H3F2IO/c7-3-1-5(9)6(10)2-4(3)8/h1-2,10H. The van der Waals surface area contributed by atoms with E-state index in [9.17, 15) is 8.78 Å². The minimum Gasteiger partial charge on any atom is -0.507 e. The Labute approximate surface area is 69.8 Å². The number of hydrogen-bond acceptors (Lipinski definition) is 1. The summed E-state index contributed by atoms with van der Waals surface area (Å²) in [6, 6.07) is 1.68. The third-order valence-corrected chi connectivity index (χ3v) is 1.85. The van der Waals surface area contributed by atoms with E-state index in [1.807, 2.05) is 0 Å². The Morgan fingerprint density at radius 3 is 2.20 bits per heavy atom. The van der Waals surface area contributed by atoms with Crippen molar-refractivity contribution >= 4 is 22.6 Å². The van der Waals surface area contributed by atoms with Crippen LogP contribution < -0.4 is 0 Å². The van der Waals surface area contributed by atoms with Gasteiger partial charge in [-0.3, -0.25) is 0 Å². The van der Waals surface area contributed by atoms with Crippen LogP contribution in [-0.2, 0) is 0 Å². The zero-order valence-electron chi connectivity index (χ0n) is 4.74. The summed E-state index contributed by atoms with van der Waals surface area (Å²) in [6.45, 7) is 0. The first-order valence-electron chi connectivity index (χ1n) is 2.45. The SMILES string of the molecule is Oc1cc(F)c(F)cc1I. The van der Waals surface area contributed by atoms with Crippen molar-refractivity contribution in [2.75, 3.05) is 0 Å². The molecule has 0 aliphatic heterocycles. The first kappa shape index (κ1) is 7.71. The van der Waals surface area contributed by atoms with Crippen LogP contribution in [0, 0.1) is 15.2 Å². The van der Waals surface area contributed by atoms with E-state index in [1.165, 1.54) is 0 Å². The number of phenolic OH excluding ortho intramolecular Hbond substituents is 1. The summed E-state index contributed by atoms with van der Waals surface area (Å²) < 4.78 is 24.8. The fourth-order valence-electron chi connectivity index (χ4n) is 0.512. The van der Waals surface area contributed by atoms with E-state index in [0.717, 1.165) is 12.1 Å². The number of benzene rings is 1. The van der Waals surface area contributed by atoms with Crippen LogP contribution in [0.1, 0.15) is 0 Å². The lowest BCUT2D eigenvalue weighted by Gasteiger charge is -1.96. The van der Waals surface area contributed by atoms with E-state index in [4.69, 9.17) is 5.11 Å². The molecule has 1 aromatic carbocycles. The largest absolute Gasteiger partial charge is 0.507 e. The van der Waals surface area contributed by atoms with Gasteiger partial charge in [0.1, 0.15) is 5.75 Å². The fraction of sp³-hybridized carbons (Fsp3) is 0. The molecule has 1 nitrogen and oxygen atoms in total. The first-order chi connectivity index (χ1) is 4.61. The summed E-state index contributed by atoms with van der Waals surface area (Å²) in [7, 11) is 0. The molecule has 0 atom stereocenters. The molecule has 0 unspecified atom stereocenters. The van der Waals surface area contributed by atoms with Crippen molar-refractivity contribution in [2.24, 2.45) is 0 Å². The maximum atomic E-state index is 12.3. The van der Waals surface area contributed by atoms with Gasteiger partial charge in [0.25, 0.3) is 0 Å². The van der Waals surface area contributed by atoms with Gasteiger partial charge in [0, 0.05) is 6.07 Å². The monoisotopic (exact) mass is 256 g/mol. The average molecular weight is 256 g/mol. The topological polar surface area (TPSA) is 20.2 Å². The molecule has 0 aliphatic rings. The molecule has 0 bridgehead atoms. The van der Waals surface area contributed by atoms with E-state index in [0.29, 0.717) is 3.57 Å². The minimum absolute atomic E-state index is 0.237. The van der Waals surface area contributed by atoms with Crippen molar-refractivity contribution in [3.05, 3.63) is 27.3 Å². The van der Waals surface area contributed by atoms with Gasteiger partial charge in [-0.05, 0) is 28.7 Å². The molecule has 0 fully saturated rings. The van der Waals surface area contributed by atoms with Crippen LogP contribution >= 0.6 is 22.6 Å². The molecule has 1 N–H and O–H groups in total. The minimum atomic E-state index is -1.03. The second-order valence-electron chi connectivity index (χ2n) is 1.72. The summed E-state index contributed by atoms with van der Waals surface area (Å²) in [5, 5.41) is 8.81. The van der Waals surface area contributed by atoms with E-state index < -0.39 is 11.6 Å². The molecule has 10 heavy (non-hydrogen) atoms. The molecule has 0 saturated heterocycles. The molecule has 0 spiro atoms. The van der Waals surface area contributed by atoms with Gasteiger partial charge in [-0.2, -0.15) is 0 Å². The highest BCUT2D eigenvalue weighted by molar-refractivity contribution is 14.1. The van der Waals surface area contributed by atoms with Crippen molar-refractivity contribution in [3.63, 3.8) is 0 Å². The van der Waals surface area contributed by atoms with Gasteiger partial charge in [-0.15, -0.1) is 0 Å². The second-order valence-corrected chi connectivity index (χ2v) is 2.88. The van der Waals surface area contributed by atoms with Crippen molar-refractivity contribution in [1.82, 2.24) is 0 Å². The molecule has 0 saturated carbocycles. The fourth-order valence-corrected chi connectivity index (χ4v) is 0.941. The van der Waals surface area contributed by atoms with Crippen LogP contribution in [0.3, 0.4) is 0 Å². The van der Waals surface area contributed by atoms with Crippen LogP contribution in [0.2, 0.25) is 0 Å². The first-order valence-corrected chi connectivity index (χ1v) is 3.52. The van der Waals surface area contributed by atoms with E-state index >= 15 is 0 Å². The highest BCUT2D eigenvalue weighted by Gasteiger charge is 2.05. The molecular weight excluding hydrogens is 253 g/mol. The molecule has 4 heteroatoms. The van der Waals surface area contributed by atoms with Crippen LogP contribution in [0.4, 0.5) is 8.78 Å². The highest BCUT2D eigenvalue weighted by Crippen LogP contribution is 2.21. The van der Waals surface area contributed by atoms with Crippen molar-refractivity contribution in [3.8, 4) is 5.75 Å². The van der Waals surface area contributed by atoms with Gasteiger partial charge >= 0.3 is 0 Å². The van der Waals surface area contributed by atoms with Crippen molar-refractivity contribution in [1.29, 1.82) is 0 Å². The second kappa shape index (κ2) is 2.69. The average Bonchev–Trinajstić information content (AvgIpc) is 1.84. The lowest BCUT2D eigenvalue weighted by atomic mass is 10.3. The molecule has 54 valence electrons. The molecule has 1 aromatic rings. The number of hydrogen-bond donors (Lipinski definition) is 1. The highest BCUT2D eigenvalue weighted by atomic mass is 127. The molecule has 0 aliphatic carbocycles. The number of phenols is 1. The van der Waals surface area contributed by atoms with Crippen molar-refractivity contribution in [2.45, 2.75) is 0 Å². The summed E-state index contributed by atoms with van der Waals surface area (Å²) >= 11 is 1.71. The Bertz CT molecular complexity index is 212. The lowest BCUT2D eigenvalue weighted by Crippen LogP contribution is -1.84. The van der Waals surface area contributed by atoms with Crippen LogP contribution in [0.5, 0.6) is 5.75 Å². The molecule has 1 rings (SSSR count). The summed E-state index contributed by atoms with van der Waals surface area (Å²) in [5.74, 6) is -2.21. The Morgan fingerprint density at radius 2 is 1.70 bits per heavy atom. The quantitative estimate of drug-likeness (QED) is 0.557. The zero-order valence-corrected chi connectivity index (χ0v) is 6.89. The van der Waals surface area contributed by atoms with Gasteiger partial charge in [0.15, 0.2) is 11.6 Å².